The molecule has 1 amide bonds. The van der Waals surface area contributed by atoms with E-state index in [0.717, 1.165) is 21.9 Å². The number of hydrogen-bond donors (Lipinski definition) is 1. The summed E-state index contributed by atoms with van der Waals surface area (Å²) in [7, 11) is 0. The van der Waals surface area contributed by atoms with Gasteiger partial charge < -0.3 is 10.1 Å². The predicted octanol–water partition coefficient (Wildman–Crippen LogP) is 6.29. The molecule has 3 aromatic carbocycles. The Balaban J connectivity index is 1.51. The Kier molecular flexibility index (Phi) is 5.89. The van der Waals surface area contributed by atoms with Crippen LogP contribution in [0.4, 0.5) is 5.69 Å². The van der Waals surface area contributed by atoms with E-state index in [1.807, 2.05) is 54.6 Å². The summed E-state index contributed by atoms with van der Waals surface area (Å²) in [6.45, 7) is 0.464. The number of benzene rings is 3. The quantitative estimate of drug-likeness (QED) is 0.398. The molecule has 1 heterocycles. The molecule has 4 nitrogen and oxygen atoms in total. The first kappa shape index (κ1) is 19.2. The first-order chi connectivity index (χ1) is 14.2. The van der Waals surface area contributed by atoms with Gasteiger partial charge in [0.05, 0.1) is 5.56 Å². The number of carbonyl (C=O) groups is 1. The van der Waals surface area contributed by atoms with E-state index < -0.39 is 0 Å². The van der Waals surface area contributed by atoms with Crippen LogP contribution in [-0.4, -0.2) is 10.9 Å². The smallest absolute Gasteiger partial charge is 0.275 e. The highest BCUT2D eigenvalue weighted by atomic mass is 35.5. The molecule has 144 valence electrons. The van der Waals surface area contributed by atoms with E-state index in [1.165, 1.54) is 11.3 Å². The van der Waals surface area contributed by atoms with Crippen LogP contribution >= 0.6 is 22.9 Å². The normalized spacial score (nSPS) is 10.5. The molecule has 4 rings (SSSR count). The molecule has 0 atom stereocenters. The summed E-state index contributed by atoms with van der Waals surface area (Å²) >= 11 is 7.37. The minimum absolute atomic E-state index is 0.280. The van der Waals surface area contributed by atoms with Crippen molar-refractivity contribution in [1.82, 2.24) is 4.98 Å². The van der Waals surface area contributed by atoms with Gasteiger partial charge in [-0.3, -0.25) is 4.79 Å². The summed E-state index contributed by atoms with van der Waals surface area (Å²) in [4.78, 5) is 17.0. The van der Waals surface area contributed by atoms with Crippen LogP contribution < -0.4 is 10.1 Å². The third-order valence-electron chi connectivity index (χ3n) is 4.17. The van der Waals surface area contributed by atoms with E-state index in [1.54, 1.807) is 29.6 Å². The van der Waals surface area contributed by atoms with Crippen LogP contribution in [0.3, 0.4) is 0 Å². The topological polar surface area (TPSA) is 51.2 Å². The highest BCUT2D eigenvalue weighted by Gasteiger charge is 2.15. The molecule has 0 fully saturated rings. The van der Waals surface area contributed by atoms with Crippen LogP contribution in [0.2, 0.25) is 5.02 Å². The Morgan fingerprint density at radius 1 is 1.00 bits per heavy atom. The van der Waals surface area contributed by atoms with Crippen molar-refractivity contribution in [3.8, 4) is 16.3 Å². The molecule has 0 spiro atoms. The molecular weight excluding hydrogens is 404 g/mol. The minimum Gasteiger partial charge on any atom is -0.488 e. The molecule has 0 aliphatic heterocycles. The molecular formula is C23H17ClN2O2S. The van der Waals surface area contributed by atoms with Crippen LogP contribution in [0.1, 0.15) is 16.1 Å². The van der Waals surface area contributed by atoms with Gasteiger partial charge in [0.2, 0.25) is 0 Å². The van der Waals surface area contributed by atoms with Gasteiger partial charge in [-0.05, 0) is 35.9 Å². The predicted molar refractivity (Wildman–Crippen MR) is 118 cm³/mol. The van der Waals surface area contributed by atoms with Crippen molar-refractivity contribution >= 4 is 34.5 Å². The van der Waals surface area contributed by atoms with E-state index in [0.29, 0.717) is 23.0 Å². The van der Waals surface area contributed by atoms with E-state index in [2.05, 4.69) is 10.3 Å². The summed E-state index contributed by atoms with van der Waals surface area (Å²) < 4.78 is 6.01. The molecule has 0 bridgehead atoms. The van der Waals surface area contributed by atoms with Gasteiger partial charge in [-0.15, -0.1) is 11.3 Å². The van der Waals surface area contributed by atoms with Gasteiger partial charge in [-0.25, -0.2) is 4.98 Å². The van der Waals surface area contributed by atoms with Crippen molar-refractivity contribution in [3.05, 3.63) is 101 Å². The molecule has 29 heavy (non-hydrogen) atoms. The summed E-state index contributed by atoms with van der Waals surface area (Å²) in [6, 6.07) is 24.7. The highest BCUT2D eigenvalue weighted by molar-refractivity contribution is 7.13. The maximum Gasteiger partial charge on any atom is 0.275 e. The van der Waals surface area contributed by atoms with Crippen LogP contribution in [-0.2, 0) is 6.61 Å². The fraction of sp³-hybridized carbons (Fsp3) is 0.0435. The second-order valence-corrected chi connectivity index (χ2v) is 7.57. The van der Waals surface area contributed by atoms with Crippen molar-refractivity contribution in [3.63, 3.8) is 0 Å². The second kappa shape index (κ2) is 8.90. The van der Waals surface area contributed by atoms with E-state index in [4.69, 9.17) is 16.3 Å². The van der Waals surface area contributed by atoms with Gasteiger partial charge in [0.25, 0.3) is 5.91 Å². The third kappa shape index (κ3) is 4.83. The van der Waals surface area contributed by atoms with Gasteiger partial charge in [-0.1, -0.05) is 60.1 Å². The number of hydrogen-bond acceptors (Lipinski definition) is 4. The Hall–Kier alpha value is -3.15. The first-order valence-corrected chi connectivity index (χ1v) is 10.2. The summed E-state index contributed by atoms with van der Waals surface area (Å²) in [5.74, 6) is 0.449. The summed E-state index contributed by atoms with van der Waals surface area (Å²) in [5.41, 5.74) is 2.92. The van der Waals surface area contributed by atoms with Crippen LogP contribution in [0.5, 0.6) is 5.75 Å². The number of rotatable bonds is 6. The molecule has 1 aromatic heterocycles. The number of nitrogens with zero attached hydrogens (tertiary/aromatic N) is 1. The van der Waals surface area contributed by atoms with E-state index in [-0.39, 0.29) is 5.91 Å². The van der Waals surface area contributed by atoms with Crippen molar-refractivity contribution in [2.45, 2.75) is 6.61 Å². The molecule has 0 radical (unpaired) electrons. The largest absolute Gasteiger partial charge is 0.488 e. The average molecular weight is 421 g/mol. The lowest BCUT2D eigenvalue weighted by Crippen LogP contribution is -2.12. The number of anilines is 1. The number of halogens is 1. The van der Waals surface area contributed by atoms with Gasteiger partial charge in [-0.2, -0.15) is 0 Å². The molecule has 0 aliphatic rings. The van der Waals surface area contributed by atoms with Crippen molar-refractivity contribution in [2.75, 3.05) is 5.32 Å². The van der Waals surface area contributed by atoms with E-state index >= 15 is 0 Å². The van der Waals surface area contributed by atoms with Gasteiger partial charge >= 0.3 is 0 Å². The SMILES string of the molecule is O=C(Nc1cccc(Cl)c1)c1csc(-c2ccccc2OCc2ccccc2)n1. The van der Waals surface area contributed by atoms with Crippen LogP contribution in [0.15, 0.2) is 84.2 Å². The van der Waals surface area contributed by atoms with Gasteiger partial charge in [0, 0.05) is 16.1 Å². The van der Waals surface area contributed by atoms with E-state index in [9.17, 15) is 4.79 Å². The number of aromatic nitrogens is 1. The zero-order chi connectivity index (χ0) is 20.1. The molecule has 0 saturated heterocycles. The fourth-order valence-electron chi connectivity index (χ4n) is 2.77. The number of thiazole rings is 1. The number of nitrogens with one attached hydrogen (secondary N) is 1. The Morgan fingerprint density at radius 2 is 1.79 bits per heavy atom. The molecule has 0 aliphatic carbocycles. The minimum atomic E-state index is -0.280. The number of carbonyl (C=O) groups excluding carboxylic acids is 1. The molecule has 4 aromatic rings. The lowest BCUT2D eigenvalue weighted by molar-refractivity contribution is 0.102. The standard InChI is InChI=1S/C23H17ClN2O2S/c24-17-9-6-10-18(13-17)25-22(27)20-15-29-23(26-20)19-11-4-5-12-21(19)28-14-16-7-2-1-3-8-16/h1-13,15H,14H2,(H,25,27). The summed E-state index contributed by atoms with van der Waals surface area (Å²) in [5, 5.41) is 5.84. The maximum atomic E-state index is 12.5. The van der Waals surface area contributed by atoms with Crippen molar-refractivity contribution < 1.29 is 9.53 Å². The number of ether oxygens (including phenoxy) is 1. The Bertz CT molecular complexity index is 1130. The second-order valence-electron chi connectivity index (χ2n) is 6.27. The molecule has 0 saturated carbocycles. The van der Waals surface area contributed by atoms with Crippen molar-refractivity contribution in [2.24, 2.45) is 0 Å². The van der Waals surface area contributed by atoms with Gasteiger partial charge in [0.15, 0.2) is 0 Å². The lowest BCUT2D eigenvalue weighted by atomic mass is 10.2. The highest BCUT2D eigenvalue weighted by Crippen LogP contribution is 2.33. The zero-order valence-electron chi connectivity index (χ0n) is 15.3. The zero-order valence-corrected chi connectivity index (χ0v) is 16.9. The lowest BCUT2D eigenvalue weighted by Gasteiger charge is -2.10. The summed E-state index contributed by atoms with van der Waals surface area (Å²) in [6.07, 6.45) is 0. The van der Waals surface area contributed by atoms with Gasteiger partial charge in [0.1, 0.15) is 23.1 Å². The molecule has 6 heteroatoms. The first-order valence-electron chi connectivity index (χ1n) is 8.97. The number of amides is 1. The van der Waals surface area contributed by atoms with Crippen LogP contribution in [0.25, 0.3) is 10.6 Å². The van der Waals surface area contributed by atoms with Crippen molar-refractivity contribution in [1.29, 1.82) is 0 Å². The number of para-hydroxylation sites is 1. The molecule has 1 N–H and O–H groups in total. The average Bonchev–Trinajstić information content (AvgIpc) is 3.24. The third-order valence-corrected chi connectivity index (χ3v) is 5.28. The molecule has 0 unspecified atom stereocenters. The van der Waals surface area contributed by atoms with Crippen LogP contribution in [0, 0.1) is 0 Å². The Labute approximate surface area is 177 Å². The maximum absolute atomic E-state index is 12.5. The fourth-order valence-corrected chi connectivity index (χ4v) is 3.79. The Morgan fingerprint density at radius 3 is 2.62 bits per heavy atom. The monoisotopic (exact) mass is 420 g/mol.